The van der Waals surface area contributed by atoms with E-state index < -0.39 is 5.97 Å². The van der Waals surface area contributed by atoms with Crippen LogP contribution in [0.3, 0.4) is 0 Å². The van der Waals surface area contributed by atoms with Gasteiger partial charge in [0.2, 0.25) is 0 Å². The number of hydrogen-bond donors (Lipinski definition) is 2. The van der Waals surface area contributed by atoms with Crippen LogP contribution in [-0.2, 0) is 7.05 Å². The molecule has 0 bridgehead atoms. The maximum Gasteiger partial charge on any atom is 0.353 e. The van der Waals surface area contributed by atoms with Crippen molar-refractivity contribution >= 4 is 5.97 Å². The van der Waals surface area contributed by atoms with Crippen molar-refractivity contribution in [2.24, 2.45) is 7.05 Å². The fourth-order valence-electron chi connectivity index (χ4n) is 1.23. The summed E-state index contributed by atoms with van der Waals surface area (Å²) in [4.78, 5) is 10.6. The summed E-state index contributed by atoms with van der Waals surface area (Å²) in [6.07, 6.45) is 3.76. The summed E-state index contributed by atoms with van der Waals surface area (Å²) < 4.78 is 1.88. The lowest BCUT2D eigenvalue weighted by atomic mass is 10.2. The molecule has 2 aromatic heterocycles. The lowest BCUT2D eigenvalue weighted by Gasteiger charge is -1.87. The van der Waals surface area contributed by atoms with Crippen LogP contribution in [-0.4, -0.2) is 25.8 Å². The second kappa shape index (κ2) is 3.02. The van der Waals surface area contributed by atoms with Crippen molar-refractivity contribution in [3.8, 4) is 11.3 Å². The van der Waals surface area contributed by atoms with Gasteiger partial charge in [-0.2, -0.15) is 5.10 Å². The van der Waals surface area contributed by atoms with Gasteiger partial charge in [-0.05, 0) is 12.1 Å². The number of nitrogens with zero attached hydrogens (tertiary/aromatic N) is 2. The molecule has 0 saturated carbocycles. The molecule has 5 heteroatoms. The average molecular weight is 191 g/mol. The SMILES string of the molecule is Cn1ccc(-c2cc(C(=O)O)[nH]n2)c1. The van der Waals surface area contributed by atoms with Gasteiger partial charge in [0.05, 0.1) is 5.69 Å². The quantitative estimate of drug-likeness (QED) is 0.747. The van der Waals surface area contributed by atoms with Crippen LogP contribution in [0.1, 0.15) is 10.5 Å². The van der Waals surface area contributed by atoms with Crippen molar-refractivity contribution in [3.63, 3.8) is 0 Å². The van der Waals surface area contributed by atoms with E-state index in [0.29, 0.717) is 5.69 Å². The summed E-state index contributed by atoms with van der Waals surface area (Å²) in [5.74, 6) is -1.00. The van der Waals surface area contributed by atoms with Gasteiger partial charge in [0.15, 0.2) is 0 Å². The first-order valence-electron chi connectivity index (χ1n) is 4.08. The number of carboxylic acid groups (broad SMARTS) is 1. The number of aromatic amines is 1. The van der Waals surface area contributed by atoms with Crippen molar-refractivity contribution in [3.05, 3.63) is 30.2 Å². The highest BCUT2D eigenvalue weighted by atomic mass is 16.4. The van der Waals surface area contributed by atoms with Crippen LogP contribution in [0, 0.1) is 0 Å². The Hall–Kier alpha value is -2.04. The standard InChI is InChI=1S/C9H9N3O2/c1-12-3-2-6(5-12)7-4-8(9(13)14)11-10-7/h2-5H,1H3,(H,10,11)(H,13,14). The van der Waals surface area contributed by atoms with Crippen LogP contribution >= 0.6 is 0 Å². The molecule has 0 saturated heterocycles. The van der Waals surface area contributed by atoms with E-state index in [0.717, 1.165) is 5.56 Å². The topological polar surface area (TPSA) is 70.9 Å². The molecule has 0 unspecified atom stereocenters. The first-order chi connectivity index (χ1) is 6.66. The third-order valence-electron chi connectivity index (χ3n) is 1.94. The van der Waals surface area contributed by atoms with Crippen LogP contribution in [0.25, 0.3) is 11.3 Å². The Kier molecular flexibility index (Phi) is 1.85. The normalized spacial score (nSPS) is 10.4. The maximum atomic E-state index is 10.6. The zero-order valence-corrected chi connectivity index (χ0v) is 7.56. The highest BCUT2D eigenvalue weighted by Gasteiger charge is 2.09. The molecule has 0 aliphatic heterocycles. The first-order valence-corrected chi connectivity index (χ1v) is 4.08. The third-order valence-corrected chi connectivity index (χ3v) is 1.94. The molecule has 0 aliphatic rings. The zero-order chi connectivity index (χ0) is 10.1. The van der Waals surface area contributed by atoms with Gasteiger partial charge in [0.1, 0.15) is 5.69 Å². The number of carboxylic acids is 1. The van der Waals surface area contributed by atoms with Crippen LogP contribution in [0.5, 0.6) is 0 Å². The Bertz CT molecular complexity index is 470. The lowest BCUT2D eigenvalue weighted by molar-refractivity contribution is 0.0690. The smallest absolute Gasteiger partial charge is 0.353 e. The van der Waals surface area contributed by atoms with Crippen LogP contribution in [0.4, 0.5) is 0 Å². The molecular weight excluding hydrogens is 182 g/mol. The highest BCUT2D eigenvalue weighted by Crippen LogP contribution is 2.17. The molecule has 2 aromatic rings. The number of H-pyrrole nitrogens is 1. The molecule has 0 aromatic carbocycles. The Morgan fingerprint density at radius 2 is 2.43 bits per heavy atom. The second-order valence-electron chi connectivity index (χ2n) is 3.04. The number of aromatic carboxylic acids is 1. The number of hydrogen-bond acceptors (Lipinski definition) is 2. The summed E-state index contributed by atoms with van der Waals surface area (Å²) >= 11 is 0. The minimum atomic E-state index is -1.00. The molecule has 2 rings (SSSR count). The molecule has 0 spiro atoms. The van der Waals surface area contributed by atoms with E-state index in [-0.39, 0.29) is 5.69 Å². The van der Waals surface area contributed by atoms with Gasteiger partial charge in [-0.25, -0.2) is 4.79 Å². The third kappa shape index (κ3) is 1.39. The van der Waals surface area contributed by atoms with Crippen LogP contribution in [0.15, 0.2) is 24.5 Å². The first kappa shape index (κ1) is 8.55. The second-order valence-corrected chi connectivity index (χ2v) is 3.04. The Morgan fingerprint density at radius 1 is 1.64 bits per heavy atom. The summed E-state index contributed by atoms with van der Waals surface area (Å²) in [7, 11) is 1.90. The average Bonchev–Trinajstić information content (AvgIpc) is 2.70. The van der Waals surface area contributed by atoms with Gasteiger partial charge in [-0.15, -0.1) is 0 Å². The van der Waals surface area contributed by atoms with E-state index in [2.05, 4.69) is 10.2 Å². The van der Waals surface area contributed by atoms with E-state index in [1.807, 2.05) is 30.1 Å². The van der Waals surface area contributed by atoms with Crippen molar-refractivity contribution < 1.29 is 9.90 Å². The maximum absolute atomic E-state index is 10.6. The summed E-state index contributed by atoms with van der Waals surface area (Å²) in [6, 6.07) is 3.39. The van der Waals surface area contributed by atoms with Crippen LogP contribution in [0.2, 0.25) is 0 Å². The molecule has 2 heterocycles. The fourth-order valence-corrected chi connectivity index (χ4v) is 1.23. The number of carbonyl (C=O) groups is 1. The van der Waals surface area contributed by atoms with Gasteiger partial charge in [0, 0.05) is 25.0 Å². The molecule has 0 radical (unpaired) electrons. The number of aryl methyl sites for hydroxylation is 1. The van der Waals surface area contributed by atoms with Gasteiger partial charge < -0.3 is 9.67 Å². The van der Waals surface area contributed by atoms with Gasteiger partial charge >= 0.3 is 5.97 Å². The molecule has 72 valence electrons. The van der Waals surface area contributed by atoms with Gasteiger partial charge in [0.25, 0.3) is 0 Å². The molecular formula is C9H9N3O2. The number of nitrogens with one attached hydrogen (secondary N) is 1. The van der Waals surface area contributed by atoms with E-state index >= 15 is 0 Å². The summed E-state index contributed by atoms with van der Waals surface area (Å²) in [5, 5.41) is 15.0. The Labute approximate surface area is 80.0 Å². The van der Waals surface area contributed by atoms with Gasteiger partial charge in [-0.1, -0.05) is 0 Å². The molecule has 14 heavy (non-hydrogen) atoms. The zero-order valence-electron chi connectivity index (χ0n) is 7.56. The molecule has 0 atom stereocenters. The largest absolute Gasteiger partial charge is 0.477 e. The van der Waals surface area contributed by atoms with E-state index in [9.17, 15) is 4.79 Å². The predicted octanol–water partition coefficient (Wildman–Crippen LogP) is 1.11. The monoisotopic (exact) mass is 191 g/mol. The molecule has 2 N–H and O–H groups in total. The van der Waals surface area contributed by atoms with Crippen molar-refractivity contribution in [1.82, 2.24) is 14.8 Å². The minimum Gasteiger partial charge on any atom is -0.477 e. The molecule has 0 aliphatic carbocycles. The molecule has 0 amide bonds. The lowest BCUT2D eigenvalue weighted by Crippen LogP contribution is -1.95. The van der Waals surface area contributed by atoms with E-state index in [1.54, 1.807) is 0 Å². The Morgan fingerprint density at radius 3 is 2.93 bits per heavy atom. The summed E-state index contributed by atoms with van der Waals surface area (Å²) in [5.41, 5.74) is 1.64. The van der Waals surface area contributed by atoms with Crippen molar-refractivity contribution in [2.75, 3.05) is 0 Å². The van der Waals surface area contributed by atoms with Crippen LogP contribution < -0.4 is 0 Å². The van der Waals surface area contributed by atoms with Crippen molar-refractivity contribution in [1.29, 1.82) is 0 Å². The van der Waals surface area contributed by atoms with Gasteiger partial charge in [-0.3, -0.25) is 5.10 Å². The fraction of sp³-hybridized carbons (Fsp3) is 0.111. The molecule has 0 fully saturated rings. The minimum absolute atomic E-state index is 0.101. The van der Waals surface area contributed by atoms with E-state index in [1.165, 1.54) is 6.07 Å². The summed E-state index contributed by atoms with van der Waals surface area (Å²) in [6.45, 7) is 0. The Balaban J connectivity index is 2.38. The van der Waals surface area contributed by atoms with Crippen molar-refractivity contribution in [2.45, 2.75) is 0 Å². The highest BCUT2D eigenvalue weighted by molar-refractivity contribution is 5.86. The number of rotatable bonds is 2. The number of aromatic nitrogens is 3. The molecule has 5 nitrogen and oxygen atoms in total. The predicted molar refractivity (Wildman–Crippen MR) is 50.0 cm³/mol. The van der Waals surface area contributed by atoms with E-state index in [4.69, 9.17) is 5.11 Å².